The van der Waals surface area contributed by atoms with E-state index in [1.54, 1.807) is 11.3 Å². The lowest BCUT2D eigenvalue weighted by Crippen LogP contribution is -2.55. The predicted octanol–water partition coefficient (Wildman–Crippen LogP) is 2.52. The zero-order chi connectivity index (χ0) is 17.4. The summed E-state index contributed by atoms with van der Waals surface area (Å²) in [4.78, 5) is 21.9. The fourth-order valence-corrected chi connectivity index (χ4v) is 4.54. The number of carbonyl (C=O) groups excluding carboxylic acids is 1. The van der Waals surface area contributed by atoms with Crippen LogP contribution < -0.4 is 0 Å². The van der Waals surface area contributed by atoms with Gasteiger partial charge in [0.1, 0.15) is 0 Å². The summed E-state index contributed by atoms with van der Waals surface area (Å²) in [7, 11) is 0. The summed E-state index contributed by atoms with van der Waals surface area (Å²) >= 11 is 1.66. The maximum Gasteiger partial charge on any atom is 0.254 e. The minimum Gasteiger partial charge on any atom is -0.396 e. The second-order valence-corrected chi connectivity index (χ2v) is 8.51. The number of thiazole rings is 1. The van der Waals surface area contributed by atoms with Gasteiger partial charge < -0.3 is 10.0 Å². The van der Waals surface area contributed by atoms with Gasteiger partial charge in [0.25, 0.3) is 5.91 Å². The number of piperazine rings is 1. The molecule has 1 N–H and O–H groups in total. The number of nitrogens with zero attached hydrogens (tertiary/aromatic N) is 3. The average molecular weight is 359 g/mol. The van der Waals surface area contributed by atoms with Gasteiger partial charge in [0.2, 0.25) is 0 Å². The summed E-state index contributed by atoms with van der Waals surface area (Å²) in [6, 6.07) is 6.11. The van der Waals surface area contributed by atoms with Crippen LogP contribution in [0.15, 0.2) is 18.2 Å². The molecular weight excluding hydrogens is 334 g/mol. The highest BCUT2D eigenvalue weighted by molar-refractivity contribution is 7.18. The Morgan fingerprint density at radius 2 is 2.20 bits per heavy atom. The fourth-order valence-electron chi connectivity index (χ4n) is 3.73. The highest BCUT2D eigenvalue weighted by Gasteiger charge is 2.33. The predicted molar refractivity (Wildman–Crippen MR) is 100 cm³/mol. The molecule has 0 bridgehead atoms. The van der Waals surface area contributed by atoms with Gasteiger partial charge in [-0.15, -0.1) is 11.3 Å². The van der Waals surface area contributed by atoms with Crippen molar-refractivity contribution in [3.63, 3.8) is 0 Å². The average Bonchev–Trinajstić information content (AvgIpc) is 3.34. The van der Waals surface area contributed by atoms with Gasteiger partial charge in [-0.25, -0.2) is 4.98 Å². The van der Waals surface area contributed by atoms with Crippen molar-refractivity contribution in [1.29, 1.82) is 0 Å². The van der Waals surface area contributed by atoms with Gasteiger partial charge in [0, 0.05) is 44.4 Å². The van der Waals surface area contributed by atoms with Crippen LogP contribution in [0.2, 0.25) is 0 Å². The third-order valence-corrected chi connectivity index (χ3v) is 6.24. The monoisotopic (exact) mass is 359 g/mol. The summed E-state index contributed by atoms with van der Waals surface area (Å²) < 4.78 is 1.13. The Kier molecular flexibility index (Phi) is 4.75. The molecule has 1 saturated heterocycles. The summed E-state index contributed by atoms with van der Waals surface area (Å²) in [6.45, 7) is 5.67. The van der Waals surface area contributed by atoms with E-state index in [0.717, 1.165) is 52.8 Å². The number of aryl methyl sites for hydroxylation is 1. The Hall–Kier alpha value is -1.50. The number of amides is 1. The standard InChI is InChI=1S/C19H25N3O2S/c1-13-20-17-10-15(4-5-18(17)25-13)19(24)22-8-7-21(11-14-2-3-14)16(12-22)6-9-23/h4-5,10,14,16,23H,2-3,6-9,11-12H2,1H3/t16-/m0/s1. The molecular formula is C19H25N3O2S. The highest BCUT2D eigenvalue weighted by atomic mass is 32.1. The topological polar surface area (TPSA) is 56.7 Å². The Balaban J connectivity index is 1.48. The summed E-state index contributed by atoms with van der Waals surface area (Å²) in [6.07, 6.45) is 3.40. The van der Waals surface area contributed by atoms with Crippen LogP contribution in [0.4, 0.5) is 0 Å². The van der Waals surface area contributed by atoms with Crippen molar-refractivity contribution in [3.05, 3.63) is 28.8 Å². The number of rotatable bonds is 5. The fraction of sp³-hybridized carbons (Fsp3) is 0.579. The molecule has 25 heavy (non-hydrogen) atoms. The molecule has 1 aliphatic heterocycles. The maximum atomic E-state index is 13.0. The van der Waals surface area contributed by atoms with Gasteiger partial charge in [-0.2, -0.15) is 0 Å². The first-order valence-corrected chi connectivity index (χ1v) is 9.97. The first kappa shape index (κ1) is 16.9. The molecule has 1 aromatic heterocycles. The van der Waals surface area contributed by atoms with Crippen molar-refractivity contribution in [1.82, 2.24) is 14.8 Å². The number of aromatic nitrogens is 1. The summed E-state index contributed by atoms with van der Waals surface area (Å²) in [5.74, 6) is 0.917. The Bertz CT molecular complexity index is 771. The van der Waals surface area contributed by atoms with E-state index in [4.69, 9.17) is 0 Å². The SMILES string of the molecule is Cc1nc2cc(C(=O)N3CCN(CC4CC4)[C@@H](CCO)C3)ccc2s1. The zero-order valence-electron chi connectivity index (χ0n) is 14.6. The Labute approximate surface area is 152 Å². The molecule has 4 rings (SSSR count). The highest BCUT2D eigenvalue weighted by Crippen LogP contribution is 2.31. The first-order chi connectivity index (χ1) is 12.1. The zero-order valence-corrected chi connectivity index (χ0v) is 15.5. The van der Waals surface area contributed by atoms with E-state index in [-0.39, 0.29) is 18.6 Å². The van der Waals surface area contributed by atoms with Gasteiger partial charge in [-0.3, -0.25) is 9.69 Å². The second-order valence-electron chi connectivity index (χ2n) is 7.27. The van der Waals surface area contributed by atoms with Crippen LogP contribution in [-0.2, 0) is 0 Å². The summed E-state index contributed by atoms with van der Waals surface area (Å²) in [5.41, 5.74) is 1.63. The molecule has 1 amide bonds. The molecule has 5 nitrogen and oxygen atoms in total. The third kappa shape index (κ3) is 3.71. The van der Waals surface area contributed by atoms with Gasteiger partial charge in [-0.1, -0.05) is 0 Å². The molecule has 2 heterocycles. The van der Waals surface area contributed by atoms with Crippen molar-refractivity contribution < 1.29 is 9.90 Å². The number of benzene rings is 1. The quantitative estimate of drug-likeness (QED) is 0.891. The Morgan fingerprint density at radius 1 is 1.36 bits per heavy atom. The molecule has 1 aliphatic carbocycles. The van der Waals surface area contributed by atoms with Gasteiger partial charge in [0.05, 0.1) is 15.2 Å². The molecule has 6 heteroatoms. The molecule has 2 aromatic rings. The molecule has 0 unspecified atom stereocenters. The molecule has 0 radical (unpaired) electrons. The van der Waals surface area contributed by atoms with E-state index < -0.39 is 0 Å². The van der Waals surface area contributed by atoms with Crippen molar-refractivity contribution in [2.75, 3.05) is 32.8 Å². The van der Waals surface area contributed by atoms with E-state index in [9.17, 15) is 9.90 Å². The minimum atomic E-state index is 0.0848. The van der Waals surface area contributed by atoms with E-state index >= 15 is 0 Å². The number of aliphatic hydroxyl groups excluding tert-OH is 1. The molecule has 2 fully saturated rings. The lowest BCUT2D eigenvalue weighted by molar-refractivity contribution is 0.0407. The van der Waals surface area contributed by atoms with Crippen LogP contribution >= 0.6 is 11.3 Å². The number of carbonyl (C=O) groups is 1. The van der Waals surface area contributed by atoms with Crippen molar-refractivity contribution in [2.24, 2.45) is 5.92 Å². The lowest BCUT2D eigenvalue weighted by Gasteiger charge is -2.41. The van der Waals surface area contributed by atoms with Gasteiger partial charge in [-0.05, 0) is 50.3 Å². The molecule has 0 spiro atoms. The maximum absolute atomic E-state index is 13.0. The normalized spacial score (nSPS) is 21.8. The van der Waals surface area contributed by atoms with E-state index in [1.165, 1.54) is 12.8 Å². The smallest absolute Gasteiger partial charge is 0.254 e. The molecule has 1 atom stereocenters. The second kappa shape index (κ2) is 7.02. The number of aliphatic hydroxyl groups is 1. The van der Waals surface area contributed by atoms with Gasteiger partial charge >= 0.3 is 0 Å². The van der Waals surface area contributed by atoms with Crippen molar-refractivity contribution >= 4 is 27.5 Å². The van der Waals surface area contributed by atoms with Crippen LogP contribution in [-0.4, -0.2) is 64.6 Å². The number of fused-ring (bicyclic) bond motifs is 1. The molecule has 1 aromatic carbocycles. The Morgan fingerprint density at radius 3 is 2.96 bits per heavy atom. The first-order valence-electron chi connectivity index (χ1n) is 9.15. The van der Waals surface area contributed by atoms with Crippen LogP contribution in [0.5, 0.6) is 0 Å². The summed E-state index contributed by atoms with van der Waals surface area (Å²) in [5, 5.41) is 10.4. The largest absolute Gasteiger partial charge is 0.396 e. The van der Waals surface area contributed by atoms with Crippen LogP contribution in [0, 0.1) is 12.8 Å². The van der Waals surface area contributed by atoms with Crippen molar-refractivity contribution in [3.8, 4) is 0 Å². The molecule has 1 saturated carbocycles. The van der Waals surface area contributed by atoms with Crippen molar-refractivity contribution in [2.45, 2.75) is 32.2 Å². The minimum absolute atomic E-state index is 0.0848. The lowest BCUT2D eigenvalue weighted by atomic mass is 10.1. The molecule has 134 valence electrons. The molecule has 2 aliphatic rings. The number of hydrogen-bond donors (Lipinski definition) is 1. The van der Waals surface area contributed by atoms with Crippen LogP contribution in [0.1, 0.15) is 34.6 Å². The van der Waals surface area contributed by atoms with Crippen LogP contribution in [0.3, 0.4) is 0 Å². The third-order valence-electron chi connectivity index (χ3n) is 5.29. The number of hydrogen-bond acceptors (Lipinski definition) is 5. The van der Waals surface area contributed by atoms with Gasteiger partial charge in [0.15, 0.2) is 0 Å². The van der Waals surface area contributed by atoms with E-state index in [1.807, 2.05) is 30.0 Å². The van der Waals surface area contributed by atoms with E-state index in [0.29, 0.717) is 6.54 Å². The van der Waals surface area contributed by atoms with E-state index in [2.05, 4.69) is 9.88 Å². The van der Waals surface area contributed by atoms with Crippen LogP contribution in [0.25, 0.3) is 10.2 Å².